The van der Waals surface area contributed by atoms with Gasteiger partial charge in [0.2, 0.25) is 5.91 Å². The molecule has 0 unspecified atom stereocenters. The first-order valence-corrected chi connectivity index (χ1v) is 7.89. The van der Waals surface area contributed by atoms with E-state index in [9.17, 15) is 14.0 Å². The molecule has 0 atom stereocenters. The van der Waals surface area contributed by atoms with E-state index in [1.54, 1.807) is 4.90 Å². The zero-order valence-electron chi connectivity index (χ0n) is 13.3. The number of amides is 3. The minimum absolute atomic E-state index is 0.0241. The Bertz CT molecular complexity index is 527. The molecule has 2 rings (SSSR count). The zero-order chi connectivity index (χ0) is 16.7. The number of piperazine rings is 1. The van der Waals surface area contributed by atoms with Gasteiger partial charge in [-0.15, -0.1) is 0 Å². The van der Waals surface area contributed by atoms with Crippen LogP contribution in [-0.2, 0) is 4.79 Å². The maximum atomic E-state index is 12.8. The van der Waals surface area contributed by atoms with Crippen molar-refractivity contribution in [1.82, 2.24) is 15.1 Å². The lowest BCUT2D eigenvalue weighted by Gasteiger charge is -2.34. The van der Waals surface area contributed by atoms with Gasteiger partial charge in [-0.25, -0.2) is 9.18 Å². The van der Waals surface area contributed by atoms with Gasteiger partial charge in [0.05, 0.1) is 6.54 Å². The maximum absolute atomic E-state index is 12.8. The molecule has 1 aromatic rings. The standard InChI is InChI=1S/C16H23FN4O2/c1-2-7-18-15(22)12-20-8-10-21(11-9-20)16(23)19-14-5-3-13(17)4-6-14/h3-6H,2,7-12H2,1H3,(H,18,22)(H,19,23). The Labute approximate surface area is 135 Å². The second-order valence-electron chi connectivity index (χ2n) is 5.55. The molecule has 1 saturated heterocycles. The number of hydrogen-bond donors (Lipinski definition) is 2. The smallest absolute Gasteiger partial charge is 0.321 e. The average Bonchev–Trinajstić information content (AvgIpc) is 2.55. The number of carbonyl (C=O) groups is 2. The molecule has 0 bridgehead atoms. The van der Waals surface area contributed by atoms with Crippen molar-refractivity contribution in [2.75, 3.05) is 44.6 Å². The van der Waals surface area contributed by atoms with Gasteiger partial charge in [0.15, 0.2) is 0 Å². The van der Waals surface area contributed by atoms with Crippen LogP contribution >= 0.6 is 0 Å². The largest absolute Gasteiger partial charge is 0.355 e. The molecule has 6 nitrogen and oxygen atoms in total. The molecule has 0 radical (unpaired) electrons. The normalized spacial score (nSPS) is 15.3. The van der Waals surface area contributed by atoms with E-state index in [0.29, 0.717) is 45.0 Å². The predicted octanol–water partition coefficient (Wildman–Crippen LogP) is 1.50. The molecule has 1 aromatic carbocycles. The Morgan fingerprint density at radius 1 is 1.13 bits per heavy atom. The number of carbonyl (C=O) groups excluding carboxylic acids is 2. The molecule has 1 aliphatic heterocycles. The number of anilines is 1. The quantitative estimate of drug-likeness (QED) is 0.863. The third kappa shape index (κ3) is 5.52. The van der Waals surface area contributed by atoms with Crippen molar-refractivity contribution in [2.24, 2.45) is 0 Å². The number of hydrogen-bond acceptors (Lipinski definition) is 3. The van der Waals surface area contributed by atoms with E-state index in [1.807, 2.05) is 11.8 Å². The first-order chi connectivity index (χ1) is 11.1. The van der Waals surface area contributed by atoms with Crippen LogP contribution in [0, 0.1) is 5.82 Å². The highest BCUT2D eigenvalue weighted by Gasteiger charge is 2.22. The van der Waals surface area contributed by atoms with Crippen LogP contribution in [0.2, 0.25) is 0 Å². The molecule has 126 valence electrons. The molecule has 7 heteroatoms. The third-order valence-electron chi connectivity index (χ3n) is 3.69. The van der Waals surface area contributed by atoms with E-state index in [4.69, 9.17) is 0 Å². The van der Waals surface area contributed by atoms with Crippen LogP contribution in [0.3, 0.4) is 0 Å². The summed E-state index contributed by atoms with van der Waals surface area (Å²) in [5, 5.41) is 5.59. The first kappa shape index (κ1) is 17.2. The van der Waals surface area contributed by atoms with Gasteiger partial charge in [0.1, 0.15) is 5.82 Å². The monoisotopic (exact) mass is 322 g/mol. The second-order valence-corrected chi connectivity index (χ2v) is 5.55. The van der Waals surface area contributed by atoms with Gasteiger partial charge in [-0.2, -0.15) is 0 Å². The number of nitrogens with zero attached hydrogens (tertiary/aromatic N) is 2. The number of nitrogens with one attached hydrogen (secondary N) is 2. The summed E-state index contributed by atoms with van der Waals surface area (Å²) in [7, 11) is 0. The molecular formula is C16H23FN4O2. The Morgan fingerprint density at radius 3 is 2.39 bits per heavy atom. The minimum atomic E-state index is -0.335. The third-order valence-corrected chi connectivity index (χ3v) is 3.69. The summed E-state index contributed by atoms with van der Waals surface area (Å²) in [4.78, 5) is 27.6. The van der Waals surface area contributed by atoms with Crippen LogP contribution in [-0.4, -0.2) is 61.0 Å². The summed E-state index contributed by atoms with van der Waals surface area (Å²) in [5.41, 5.74) is 0.567. The van der Waals surface area contributed by atoms with E-state index in [2.05, 4.69) is 10.6 Å². The van der Waals surface area contributed by atoms with Gasteiger partial charge in [-0.3, -0.25) is 9.69 Å². The molecular weight excluding hydrogens is 299 g/mol. The van der Waals surface area contributed by atoms with Gasteiger partial charge in [0.25, 0.3) is 0 Å². The van der Waals surface area contributed by atoms with E-state index >= 15 is 0 Å². The Kier molecular flexibility index (Phi) is 6.34. The van der Waals surface area contributed by atoms with E-state index < -0.39 is 0 Å². The topological polar surface area (TPSA) is 64.7 Å². The van der Waals surface area contributed by atoms with Crippen LogP contribution in [0.15, 0.2) is 24.3 Å². The first-order valence-electron chi connectivity index (χ1n) is 7.89. The predicted molar refractivity (Wildman–Crippen MR) is 86.7 cm³/mol. The molecule has 0 aliphatic carbocycles. The van der Waals surface area contributed by atoms with Crippen LogP contribution in [0.5, 0.6) is 0 Å². The second kappa shape index (κ2) is 8.47. The van der Waals surface area contributed by atoms with Gasteiger partial charge in [-0.1, -0.05) is 6.92 Å². The maximum Gasteiger partial charge on any atom is 0.321 e. The van der Waals surface area contributed by atoms with Crippen molar-refractivity contribution in [3.8, 4) is 0 Å². The SMILES string of the molecule is CCCNC(=O)CN1CCN(C(=O)Nc2ccc(F)cc2)CC1. The van der Waals surface area contributed by atoms with Crippen LogP contribution in [0.25, 0.3) is 0 Å². The summed E-state index contributed by atoms with van der Waals surface area (Å²) in [6, 6.07) is 5.47. The average molecular weight is 322 g/mol. The highest BCUT2D eigenvalue weighted by molar-refractivity contribution is 5.89. The Balaban J connectivity index is 1.74. The fourth-order valence-corrected chi connectivity index (χ4v) is 2.37. The molecule has 2 N–H and O–H groups in total. The van der Waals surface area contributed by atoms with E-state index in [1.165, 1.54) is 24.3 Å². The van der Waals surface area contributed by atoms with Gasteiger partial charge in [0, 0.05) is 38.4 Å². The van der Waals surface area contributed by atoms with Crippen LogP contribution < -0.4 is 10.6 Å². The summed E-state index contributed by atoms with van der Waals surface area (Å²) >= 11 is 0. The fraction of sp³-hybridized carbons (Fsp3) is 0.500. The number of urea groups is 1. The fourth-order valence-electron chi connectivity index (χ4n) is 2.37. The van der Waals surface area contributed by atoms with Crippen molar-refractivity contribution >= 4 is 17.6 Å². The summed E-state index contributed by atoms with van der Waals surface area (Å²) < 4.78 is 12.8. The molecule has 1 fully saturated rings. The van der Waals surface area contributed by atoms with Gasteiger partial charge in [-0.05, 0) is 30.7 Å². The molecule has 1 heterocycles. The highest BCUT2D eigenvalue weighted by Crippen LogP contribution is 2.10. The van der Waals surface area contributed by atoms with Crippen molar-refractivity contribution in [3.05, 3.63) is 30.1 Å². The summed E-state index contributed by atoms with van der Waals surface area (Å²) in [5.74, 6) is -0.311. The summed E-state index contributed by atoms with van der Waals surface area (Å²) in [6.07, 6.45) is 0.920. The zero-order valence-corrected chi connectivity index (χ0v) is 13.3. The molecule has 0 aromatic heterocycles. The Morgan fingerprint density at radius 2 is 1.78 bits per heavy atom. The highest BCUT2D eigenvalue weighted by atomic mass is 19.1. The molecule has 23 heavy (non-hydrogen) atoms. The lowest BCUT2D eigenvalue weighted by molar-refractivity contribution is -0.122. The molecule has 3 amide bonds. The van der Waals surface area contributed by atoms with Crippen LogP contribution in [0.1, 0.15) is 13.3 Å². The lowest BCUT2D eigenvalue weighted by atomic mass is 10.3. The van der Waals surface area contributed by atoms with Crippen molar-refractivity contribution < 1.29 is 14.0 Å². The minimum Gasteiger partial charge on any atom is -0.355 e. The lowest BCUT2D eigenvalue weighted by Crippen LogP contribution is -2.52. The van der Waals surface area contributed by atoms with Crippen molar-refractivity contribution in [3.63, 3.8) is 0 Å². The number of rotatable bonds is 5. The molecule has 0 spiro atoms. The summed E-state index contributed by atoms with van der Waals surface area (Å²) in [6.45, 7) is 5.53. The van der Waals surface area contributed by atoms with Crippen molar-refractivity contribution in [2.45, 2.75) is 13.3 Å². The van der Waals surface area contributed by atoms with Gasteiger partial charge >= 0.3 is 6.03 Å². The molecule has 1 aliphatic rings. The van der Waals surface area contributed by atoms with Crippen LogP contribution in [0.4, 0.5) is 14.9 Å². The Hall–Kier alpha value is -2.15. The number of benzene rings is 1. The molecule has 0 saturated carbocycles. The van der Waals surface area contributed by atoms with E-state index in [0.717, 1.165) is 6.42 Å². The van der Waals surface area contributed by atoms with E-state index in [-0.39, 0.29) is 17.8 Å². The number of halogens is 1. The van der Waals surface area contributed by atoms with Crippen molar-refractivity contribution in [1.29, 1.82) is 0 Å². The van der Waals surface area contributed by atoms with Gasteiger partial charge < -0.3 is 15.5 Å².